The van der Waals surface area contributed by atoms with Gasteiger partial charge in [-0.25, -0.2) is 4.39 Å². The summed E-state index contributed by atoms with van der Waals surface area (Å²) in [4.78, 5) is 11.0. The summed E-state index contributed by atoms with van der Waals surface area (Å²) < 4.78 is 18.2. The van der Waals surface area contributed by atoms with Gasteiger partial charge in [0.05, 0.1) is 7.11 Å². The largest absolute Gasteiger partial charge is 0.496 e. The first-order valence-corrected chi connectivity index (χ1v) is 4.37. The van der Waals surface area contributed by atoms with Gasteiger partial charge in [0, 0.05) is 12.0 Å². The minimum absolute atomic E-state index is 0.00278. The minimum atomic E-state index is -0.304. The van der Waals surface area contributed by atoms with Crippen molar-refractivity contribution in [3.05, 3.63) is 29.1 Å². The minimum Gasteiger partial charge on any atom is -0.496 e. The Morgan fingerprint density at radius 1 is 1.50 bits per heavy atom. The summed E-state index contributed by atoms with van der Waals surface area (Å²) in [6.45, 7) is 3.12. The molecule has 0 aromatic heterocycles. The molecule has 2 nitrogen and oxygen atoms in total. The maximum Gasteiger partial charge on any atom is 0.134 e. The van der Waals surface area contributed by atoms with Crippen LogP contribution in [-0.2, 0) is 11.2 Å². The van der Waals surface area contributed by atoms with Crippen LogP contribution < -0.4 is 4.74 Å². The normalized spacial score (nSPS) is 10.0. The molecule has 1 aromatic carbocycles. The molecule has 1 rings (SSSR count). The summed E-state index contributed by atoms with van der Waals surface area (Å²) in [5.41, 5.74) is 1.12. The van der Waals surface area contributed by atoms with E-state index in [1.54, 1.807) is 13.0 Å². The van der Waals surface area contributed by atoms with Crippen molar-refractivity contribution in [2.24, 2.45) is 0 Å². The zero-order chi connectivity index (χ0) is 10.7. The molecule has 0 saturated heterocycles. The number of ether oxygens (including phenoxy) is 1. The van der Waals surface area contributed by atoms with Crippen molar-refractivity contribution < 1.29 is 13.9 Å². The summed E-state index contributed by atoms with van der Waals surface area (Å²) in [5, 5.41) is 0. The molecular weight excluding hydrogens is 183 g/mol. The number of methoxy groups -OCH3 is 1. The van der Waals surface area contributed by atoms with Gasteiger partial charge in [-0.15, -0.1) is 0 Å². The van der Waals surface area contributed by atoms with Crippen molar-refractivity contribution in [3.63, 3.8) is 0 Å². The van der Waals surface area contributed by atoms with Crippen LogP contribution in [0, 0.1) is 12.7 Å². The van der Waals surface area contributed by atoms with Crippen molar-refractivity contribution in [3.8, 4) is 5.75 Å². The van der Waals surface area contributed by atoms with E-state index in [1.807, 2.05) is 0 Å². The highest BCUT2D eigenvalue weighted by Crippen LogP contribution is 2.24. The van der Waals surface area contributed by atoms with Gasteiger partial charge in [0.15, 0.2) is 0 Å². The number of hydrogen-bond acceptors (Lipinski definition) is 2. The van der Waals surface area contributed by atoms with Crippen molar-refractivity contribution in [2.45, 2.75) is 20.3 Å². The van der Waals surface area contributed by atoms with Crippen LogP contribution >= 0.6 is 0 Å². The van der Waals surface area contributed by atoms with Crippen LogP contribution in [0.1, 0.15) is 18.1 Å². The Hall–Kier alpha value is -1.38. The van der Waals surface area contributed by atoms with Crippen molar-refractivity contribution in [2.75, 3.05) is 7.11 Å². The fraction of sp³-hybridized carbons (Fsp3) is 0.364. The lowest BCUT2D eigenvalue weighted by Gasteiger charge is -2.10. The predicted molar refractivity (Wildman–Crippen MR) is 52.1 cm³/mol. The number of carbonyl (C=O) groups excluding carboxylic acids is 1. The monoisotopic (exact) mass is 196 g/mol. The molecule has 0 aliphatic rings. The smallest absolute Gasteiger partial charge is 0.134 e. The number of hydrogen-bond donors (Lipinski definition) is 0. The maximum atomic E-state index is 13.2. The van der Waals surface area contributed by atoms with Gasteiger partial charge in [-0.05, 0) is 31.5 Å². The Morgan fingerprint density at radius 3 is 2.64 bits per heavy atom. The second kappa shape index (κ2) is 4.22. The van der Waals surface area contributed by atoms with E-state index in [-0.39, 0.29) is 18.0 Å². The Labute approximate surface area is 82.7 Å². The molecule has 0 aliphatic heterocycles. The van der Waals surface area contributed by atoms with Crippen LogP contribution in [0.4, 0.5) is 4.39 Å². The molecule has 0 fully saturated rings. The summed E-state index contributed by atoms with van der Waals surface area (Å²) in [6, 6.07) is 2.89. The molecule has 0 saturated carbocycles. The van der Waals surface area contributed by atoms with Gasteiger partial charge in [0.1, 0.15) is 17.3 Å². The van der Waals surface area contributed by atoms with Gasteiger partial charge < -0.3 is 4.74 Å². The predicted octanol–water partition coefficient (Wildman–Crippen LogP) is 2.27. The Morgan fingerprint density at radius 2 is 2.14 bits per heavy atom. The molecule has 0 unspecified atom stereocenters. The molecule has 0 amide bonds. The van der Waals surface area contributed by atoms with E-state index in [0.29, 0.717) is 16.9 Å². The Balaban J connectivity index is 3.20. The van der Waals surface area contributed by atoms with Crippen LogP contribution in [0.25, 0.3) is 0 Å². The highest BCUT2D eigenvalue weighted by Gasteiger charge is 2.11. The number of benzene rings is 1. The quantitative estimate of drug-likeness (QED) is 0.741. The average molecular weight is 196 g/mol. The van der Waals surface area contributed by atoms with Crippen molar-refractivity contribution in [1.29, 1.82) is 0 Å². The molecule has 1 aromatic rings. The molecule has 3 heteroatoms. The first-order valence-electron chi connectivity index (χ1n) is 4.37. The summed E-state index contributed by atoms with van der Waals surface area (Å²) >= 11 is 0. The second-order valence-corrected chi connectivity index (χ2v) is 3.23. The fourth-order valence-corrected chi connectivity index (χ4v) is 1.36. The molecular formula is C11H13FO2. The molecule has 14 heavy (non-hydrogen) atoms. The molecule has 0 aliphatic carbocycles. The van der Waals surface area contributed by atoms with Gasteiger partial charge in [0.25, 0.3) is 0 Å². The van der Waals surface area contributed by atoms with E-state index in [0.717, 1.165) is 0 Å². The first kappa shape index (κ1) is 10.7. The number of rotatable bonds is 3. The van der Waals surface area contributed by atoms with Crippen molar-refractivity contribution >= 4 is 5.78 Å². The third-order valence-electron chi connectivity index (χ3n) is 2.14. The van der Waals surface area contributed by atoms with Crippen LogP contribution in [0.2, 0.25) is 0 Å². The van der Waals surface area contributed by atoms with Crippen LogP contribution in [0.15, 0.2) is 12.1 Å². The standard InChI is InChI=1S/C11H13FO2/c1-7(13)6-9-8(2)10(12)4-5-11(9)14-3/h4-5H,6H2,1-3H3. The third kappa shape index (κ3) is 2.10. The van der Waals surface area contributed by atoms with E-state index in [2.05, 4.69) is 0 Å². The molecule has 0 heterocycles. The zero-order valence-corrected chi connectivity index (χ0v) is 8.56. The lowest BCUT2D eigenvalue weighted by atomic mass is 10.0. The first-order chi connectivity index (χ1) is 6.56. The zero-order valence-electron chi connectivity index (χ0n) is 8.56. The SMILES string of the molecule is COc1ccc(F)c(C)c1CC(C)=O. The van der Waals surface area contributed by atoms with Gasteiger partial charge in [-0.2, -0.15) is 0 Å². The third-order valence-corrected chi connectivity index (χ3v) is 2.14. The van der Waals surface area contributed by atoms with E-state index in [9.17, 15) is 9.18 Å². The van der Waals surface area contributed by atoms with Crippen LogP contribution in [-0.4, -0.2) is 12.9 Å². The second-order valence-electron chi connectivity index (χ2n) is 3.23. The lowest BCUT2D eigenvalue weighted by Crippen LogP contribution is -2.03. The topological polar surface area (TPSA) is 26.3 Å². The van der Waals surface area contributed by atoms with E-state index in [4.69, 9.17) is 4.74 Å². The summed E-state index contributed by atoms with van der Waals surface area (Å²) in [6.07, 6.45) is 0.215. The molecule has 0 atom stereocenters. The van der Waals surface area contributed by atoms with Gasteiger partial charge in [0.2, 0.25) is 0 Å². The number of ketones is 1. The summed E-state index contributed by atoms with van der Waals surface area (Å²) in [7, 11) is 1.51. The number of Topliss-reactive ketones (excluding diaryl/α,β-unsaturated/α-hetero) is 1. The molecule has 0 N–H and O–H groups in total. The number of carbonyl (C=O) groups is 1. The summed E-state index contributed by atoms with van der Waals surface area (Å²) in [5.74, 6) is 0.262. The lowest BCUT2D eigenvalue weighted by molar-refractivity contribution is -0.116. The molecule has 0 spiro atoms. The van der Waals surface area contributed by atoms with Crippen molar-refractivity contribution in [1.82, 2.24) is 0 Å². The number of halogens is 1. The van der Waals surface area contributed by atoms with Gasteiger partial charge >= 0.3 is 0 Å². The molecule has 0 radical (unpaired) electrons. The fourth-order valence-electron chi connectivity index (χ4n) is 1.36. The van der Waals surface area contributed by atoms with Gasteiger partial charge in [-0.3, -0.25) is 4.79 Å². The Kier molecular flexibility index (Phi) is 3.23. The average Bonchev–Trinajstić information content (AvgIpc) is 2.13. The van der Waals surface area contributed by atoms with E-state index < -0.39 is 0 Å². The van der Waals surface area contributed by atoms with Crippen LogP contribution in [0.3, 0.4) is 0 Å². The van der Waals surface area contributed by atoms with E-state index >= 15 is 0 Å². The Bertz CT molecular complexity index is 359. The molecule has 76 valence electrons. The van der Waals surface area contributed by atoms with Gasteiger partial charge in [-0.1, -0.05) is 0 Å². The maximum absolute atomic E-state index is 13.2. The highest BCUT2D eigenvalue weighted by molar-refractivity contribution is 5.79. The van der Waals surface area contributed by atoms with Crippen LogP contribution in [0.5, 0.6) is 5.75 Å². The molecule has 0 bridgehead atoms. The highest BCUT2D eigenvalue weighted by atomic mass is 19.1. The van der Waals surface area contributed by atoms with E-state index in [1.165, 1.54) is 20.1 Å².